The van der Waals surface area contributed by atoms with Crippen LogP contribution in [0.5, 0.6) is 0 Å². The maximum absolute atomic E-state index is 13.1. The molecule has 27 heavy (non-hydrogen) atoms. The van der Waals surface area contributed by atoms with Gasteiger partial charge >= 0.3 is 0 Å². The van der Waals surface area contributed by atoms with Crippen molar-refractivity contribution in [2.75, 3.05) is 6.54 Å². The van der Waals surface area contributed by atoms with Crippen molar-refractivity contribution in [2.24, 2.45) is 0 Å². The van der Waals surface area contributed by atoms with Crippen LogP contribution >= 0.6 is 22.9 Å². The Kier molecular flexibility index (Phi) is 5.43. The zero-order valence-electron chi connectivity index (χ0n) is 15.1. The summed E-state index contributed by atoms with van der Waals surface area (Å²) < 4.78 is 1.72. The van der Waals surface area contributed by atoms with Gasteiger partial charge in [-0.3, -0.25) is 9.36 Å². The molecule has 0 radical (unpaired) electrons. The Bertz CT molecular complexity index is 1040. The van der Waals surface area contributed by atoms with Gasteiger partial charge in [-0.1, -0.05) is 35.9 Å². The normalized spacial score (nSPS) is 16.4. The smallest absolute Gasteiger partial charge is 0.262 e. The Morgan fingerprint density at radius 2 is 2.26 bits per heavy atom. The molecule has 1 aromatic carbocycles. The third kappa shape index (κ3) is 3.72. The highest BCUT2D eigenvalue weighted by Crippen LogP contribution is 2.33. The van der Waals surface area contributed by atoms with E-state index >= 15 is 0 Å². The minimum absolute atomic E-state index is 0.0713. The van der Waals surface area contributed by atoms with Crippen molar-refractivity contribution in [1.29, 1.82) is 0 Å². The fraction of sp³-hybridized carbons (Fsp3) is 0.333. The van der Waals surface area contributed by atoms with Crippen molar-refractivity contribution < 1.29 is 0 Å². The predicted octanol–water partition coefficient (Wildman–Crippen LogP) is 3.99. The molecule has 4 rings (SSSR count). The monoisotopic (exact) mass is 399 g/mol. The molecular weight excluding hydrogens is 378 g/mol. The highest BCUT2D eigenvalue weighted by Gasteiger charge is 2.24. The Labute approximate surface area is 167 Å². The molecule has 0 unspecified atom stereocenters. The third-order valence-corrected chi connectivity index (χ3v) is 6.70. The van der Waals surface area contributed by atoms with E-state index in [0.29, 0.717) is 19.0 Å². The second-order valence-corrected chi connectivity index (χ2v) is 8.40. The first-order valence-corrected chi connectivity index (χ1v) is 10.4. The number of hydrogen-bond donors (Lipinski definition) is 1. The minimum Gasteiger partial charge on any atom is -0.310 e. The van der Waals surface area contributed by atoms with Crippen LogP contribution in [0.2, 0.25) is 5.02 Å². The Hall–Kier alpha value is -1.95. The molecule has 6 heteroatoms. The maximum Gasteiger partial charge on any atom is 0.262 e. The molecule has 2 heterocycles. The van der Waals surface area contributed by atoms with Crippen molar-refractivity contribution in [3.63, 3.8) is 0 Å². The number of nitrogens with one attached hydrogen (secondary N) is 1. The molecule has 0 amide bonds. The van der Waals surface area contributed by atoms with E-state index in [-0.39, 0.29) is 5.56 Å². The second kappa shape index (κ2) is 7.97. The summed E-state index contributed by atoms with van der Waals surface area (Å²) in [6.07, 6.45) is 7.21. The summed E-state index contributed by atoms with van der Waals surface area (Å²) in [5.74, 6) is 0. The van der Waals surface area contributed by atoms with E-state index in [2.05, 4.69) is 16.9 Å². The zero-order valence-corrected chi connectivity index (χ0v) is 16.7. The van der Waals surface area contributed by atoms with Crippen LogP contribution in [0.25, 0.3) is 10.2 Å². The Morgan fingerprint density at radius 3 is 3.07 bits per heavy atom. The first-order chi connectivity index (χ1) is 13.2. The molecule has 0 spiro atoms. The van der Waals surface area contributed by atoms with Crippen LogP contribution in [0.4, 0.5) is 0 Å². The van der Waals surface area contributed by atoms with Gasteiger partial charge in [0, 0.05) is 29.0 Å². The number of benzene rings is 1. The van der Waals surface area contributed by atoms with Gasteiger partial charge in [0.25, 0.3) is 5.56 Å². The van der Waals surface area contributed by atoms with E-state index in [1.54, 1.807) is 22.2 Å². The SMILES string of the molecule is C=CCN[C@H]1CCc2c(sc3ncn(CCc4ccccc4Cl)c(=O)c23)C1. The van der Waals surface area contributed by atoms with Crippen molar-refractivity contribution >= 4 is 33.2 Å². The predicted molar refractivity (Wildman–Crippen MR) is 113 cm³/mol. The molecule has 2 aromatic heterocycles. The molecule has 1 atom stereocenters. The van der Waals surface area contributed by atoms with Crippen LogP contribution in [0.15, 0.2) is 48.0 Å². The van der Waals surface area contributed by atoms with E-state index in [1.165, 1.54) is 10.4 Å². The standard InChI is InChI=1S/C21H22ClN3OS/c1-2-10-23-15-7-8-16-18(12-15)27-20-19(16)21(26)25(13-24-20)11-9-14-5-3-4-6-17(14)22/h2-6,13,15,23H,1,7-12H2/t15-/m0/s1. The molecule has 0 aliphatic heterocycles. The molecule has 1 aliphatic rings. The molecule has 0 saturated heterocycles. The molecule has 3 aromatic rings. The van der Waals surface area contributed by atoms with E-state index in [0.717, 1.165) is 46.6 Å². The largest absolute Gasteiger partial charge is 0.310 e. The van der Waals surface area contributed by atoms with E-state index in [4.69, 9.17) is 11.6 Å². The molecule has 0 bridgehead atoms. The number of aryl methyl sites for hydroxylation is 3. The molecule has 0 fully saturated rings. The number of fused-ring (bicyclic) bond motifs is 3. The van der Waals surface area contributed by atoms with Crippen molar-refractivity contribution in [3.05, 3.63) is 74.6 Å². The molecule has 4 nitrogen and oxygen atoms in total. The van der Waals surface area contributed by atoms with E-state index in [9.17, 15) is 4.79 Å². The molecular formula is C21H22ClN3OS. The van der Waals surface area contributed by atoms with Crippen LogP contribution in [0.3, 0.4) is 0 Å². The average molecular weight is 400 g/mol. The van der Waals surface area contributed by atoms with Crippen LogP contribution in [-0.2, 0) is 25.8 Å². The van der Waals surface area contributed by atoms with Crippen LogP contribution < -0.4 is 10.9 Å². The van der Waals surface area contributed by atoms with Crippen molar-refractivity contribution in [1.82, 2.24) is 14.9 Å². The number of halogens is 1. The van der Waals surface area contributed by atoms with Gasteiger partial charge in [0.05, 0.1) is 11.7 Å². The van der Waals surface area contributed by atoms with E-state index in [1.807, 2.05) is 30.3 Å². The van der Waals surface area contributed by atoms with Gasteiger partial charge in [0.2, 0.25) is 0 Å². The quantitative estimate of drug-likeness (QED) is 0.637. The fourth-order valence-electron chi connectivity index (χ4n) is 3.73. The van der Waals surface area contributed by atoms with Crippen LogP contribution in [-0.4, -0.2) is 22.1 Å². The van der Waals surface area contributed by atoms with Crippen molar-refractivity contribution in [2.45, 2.75) is 38.3 Å². The number of thiophene rings is 1. The number of hydrogen-bond acceptors (Lipinski definition) is 4. The average Bonchev–Trinajstić information content (AvgIpc) is 3.05. The Balaban J connectivity index is 1.60. The second-order valence-electron chi connectivity index (χ2n) is 6.91. The zero-order chi connectivity index (χ0) is 18.8. The number of rotatable bonds is 6. The van der Waals surface area contributed by atoms with Gasteiger partial charge in [0.15, 0.2) is 0 Å². The summed E-state index contributed by atoms with van der Waals surface area (Å²) in [4.78, 5) is 19.8. The summed E-state index contributed by atoms with van der Waals surface area (Å²) in [5, 5.41) is 5.06. The lowest BCUT2D eigenvalue weighted by atomic mass is 9.93. The van der Waals surface area contributed by atoms with Crippen LogP contribution in [0.1, 0.15) is 22.4 Å². The molecule has 1 aliphatic carbocycles. The van der Waals surface area contributed by atoms with Gasteiger partial charge in [-0.2, -0.15) is 0 Å². The summed E-state index contributed by atoms with van der Waals surface area (Å²) >= 11 is 7.90. The summed E-state index contributed by atoms with van der Waals surface area (Å²) in [6, 6.07) is 8.22. The lowest BCUT2D eigenvalue weighted by Gasteiger charge is -2.22. The van der Waals surface area contributed by atoms with Gasteiger partial charge in [-0.15, -0.1) is 17.9 Å². The maximum atomic E-state index is 13.1. The first kappa shape index (κ1) is 18.4. The van der Waals surface area contributed by atoms with Crippen molar-refractivity contribution in [3.8, 4) is 0 Å². The lowest BCUT2D eigenvalue weighted by Crippen LogP contribution is -2.34. The summed E-state index contributed by atoms with van der Waals surface area (Å²) in [5.41, 5.74) is 2.33. The minimum atomic E-state index is 0.0713. The third-order valence-electron chi connectivity index (χ3n) is 5.17. The first-order valence-electron chi connectivity index (χ1n) is 9.24. The van der Waals surface area contributed by atoms with Crippen LogP contribution in [0, 0.1) is 0 Å². The summed E-state index contributed by atoms with van der Waals surface area (Å²) in [6.45, 7) is 5.17. The molecule has 0 saturated carbocycles. The lowest BCUT2D eigenvalue weighted by molar-refractivity contribution is 0.485. The van der Waals surface area contributed by atoms with Gasteiger partial charge < -0.3 is 5.32 Å². The molecule has 1 N–H and O–H groups in total. The summed E-state index contributed by atoms with van der Waals surface area (Å²) in [7, 11) is 0. The van der Waals surface area contributed by atoms with Gasteiger partial charge in [0.1, 0.15) is 4.83 Å². The van der Waals surface area contributed by atoms with E-state index < -0.39 is 0 Å². The highest BCUT2D eigenvalue weighted by atomic mass is 35.5. The van der Waals surface area contributed by atoms with Gasteiger partial charge in [-0.05, 0) is 42.9 Å². The fourth-order valence-corrected chi connectivity index (χ4v) is 5.21. The molecule has 140 valence electrons. The highest BCUT2D eigenvalue weighted by molar-refractivity contribution is 7.18. The Morgan fingerprint density at radius 1 is 1.41 bits per heavy atom. The van der Waals surface area contributed by atoms with Gasteiger partial charge in [-0.25, -0.2) is 4.98 Å². The number of aromatic nitrogens is 2. The topological polar surface area (TPSA) is 46.9 Å². The number of nitrogens with zero attached hydrogens (tertiary/aromatic N) is 2.